The molecule has 0 bridgehead atoms. The fraction of sp³-hybridized carbons (Fsp3) is 0.400. The van der Waals surface area contributed by atoms with E-state index in [2.05, 4.69) is 10.6 Å². The molecule has 3 N–H and O–H groups in total. The number of rotatable bonds is 8. The molecule has 1 fully saturated rings. The lowest BCUT2D eigenvalue weighted by Crippen LogP contribution is -2.38. The summed E-state index contributed by atoms with van der Waals surface area (Å²) in [4.78, 5) is 36.5. The predicted molar refractivity (Wildman–Crippen MR) is 126 cm³/mol. The summed E-state index contributed by atoms with van der Waals surface area (Å²) in [5, 5.41) is 14.0. The van der Waals surface area contributed by atoms with Crippen molar-refractivity contribution in [1.82, 2.24) is 10.6 Å². The second-order valence-electron chi connectivity index (χ2n) is 8.68. The van der Waals surface area contributed by atoms with Gasteiger partial charge in [0.25, 0.3) is 5.91 Å². The van der Waals surface area contributed by atoms with E-state index < -0.39 is 17.7 Å². The molecule has 0 saturated heterocycles. The minimum Gasteiger partial charge on any atom is -0.490 e. The van der Waals surface area contributed by atoms with E-state index in [0.29, 0.717) is 37.9 Å². The minimum atomic E-state index is -0.802. The number of carboxylic acids is 1. The molecule has 0 aromatic heterocycles. The maximum absolute atomic E-state index is 14.5. The van der Waals surface area contributed by atoms with Gasteiger partial charge in [0, 0.05) is 24.1 Å². The van der Waals surface area contributed by atoms with Gasteiger partial charge in [-0.3, -0.25) is 14.4 Å². The quantitative estimate of drug-likeness (QED) is 0.475. The van der Waals surface area contributed by atoms with Crippen LogP contribution in [0.2, 0.25) is 0 Å². The normalized spacial score (nSPS) is 21.1. The number of thioether (sulfide) groups is 1. The third kappa shape index (κ3) is 6.30. The first-order valence-electron chi connectivity index (χ1n) is 11.5. The molecular formula is C25H26F2N2O5S. The number of ether oxygens (including phenoxy) is 1. The van der Waals surface area contributed by atoms with Gasteiger partial charge >= 0.3 is 5.97 Å². The number of halogens is 2. The third-order valence-electron chi connectivity index (χ3n) is 6.22. The Bertz CT molecular complexity index is 1120. The van der Waals surface area contributed by atoms with Gasteiger partial charge < -0.3 is 20.5 Å². The van der Waals surface area contributed by atoms with Gasteiger partial charge in [-0.2, -0.15) is 0 Å². The van der Waals surface area contributed by atoms with E-state index in [0.717, 1.165) is 16.5 Å². The molecule has 0 spiro atoms. The second-order valence-corrected chi connectivity index (χ2v) is 9.93. The predicted octanol–water partition coefficient (Wildman–Crippen LogP) is 3.55. The Morgan fingerprint density at radius 1 is 1.00 bits per heavy atom. The molecule has 2 aromatic rings. The van der Waals surface area contributed by atoms with Gasteiger partial charge in [-0.05, 0) is 61.9 Å². The third-order valence-corrected chi connectivity index (χ3v) is 7.52. The summed E-state index contributed by atoms with van der Waals surface area (Å²) < 4.78 is 33.6. The maximum Gasteiger partial charge on any atom is 0.306 e. The molecule has 186 valence electrons. The SMILES string of the molecule is O=C(NCCNC(=O)C1Cc2ccc(F)cc2S1)c1ccc(OC2CCC(C(=O)O)CC2)cc1F. The molecule has 7 nitrogen and oxygen atoms in total. The van der Waals surface area contributed by atoms with Gasteiger partial charge in [0.15, 0.2) is 0 Å². The zero-order valence-electron chi connectivity index (χ0n) is 18.9. The van der Waals surface area contributed by atoms with Gasteiger partial charge in [0.2, 0.25) is 5.91 Å². The zero-order chi connectivity index (χ0) is 24.9. The van der Waals surface area contributed by atoms with E-state index >= 15 is 0 Å². The Morgan fingerprint density at radius 2 is 1.74 bits per heavy atom. The van der Waals surface area contributed by atoms with E-state index in [-0.39, 0.29) is 47.6 Å². The van der Waals surface area contributed by atoms with Crippen molar-refractivity contribution in [2.24, 2.45) is 5.92 Å². The number of hydrogen-bond acceptors (Lipinski definition) is 5. The average Bonchev–Trinajstić information content (AvgIpc) is 3.25. The van der Waals surface area contributed by atoms with Crippen molar-refractivity contribution in [3.05, 3.63) is 59.2 Å². The second kappa shape index (κ2) is 11.1. The van der Waals surface area contributed by atoms with Crippen molar-refractivity contribution in [3.8, 4) is 5.75 Å². The first-order valence-corrected chi connectivity index (χ1v) is 12.4. The molecule has 1 aliphatic heterocycles. The Labute approximate surface area is 205 Å². The van der Waals surface area contributed by atoms with Gasteiger partial charge in [-0.25, -0.2) is 8.78 Å². The number of aliphatic carboxylic acids is 1. The minimum absolute atomic E-state index is 0.119. The number of hydrogen-bond donors (Lipinski definition) is 3. The number of carbonyl (C=O) groups is 3. The van der Waals surface area contributed by atoms with Gasteiger partial charge in [-0.1, -0.05) is 6.07 Å². The summed E-state index contributed by atoms with van der Waals surface area (Å²) in [5.41, 5.74) is 0.794. The van der Waals surface area contributed by atoms with Crippen LogP contribution in [0.25, 0.3) is 0 Å². The molecule has 1 heterocycles. The first-order chi connectivity index (χ1) is 16.8. The maximum atomic E-state index is 14.5. The van der Waals surface area contributed by atoms with Crippen LogP contribution in [0.4, 0.5) is 8.78 Å². The molecule has 2 aliphatic rings. The molecular weight excluding hydrogens is 478 g/mol. The smallest absolute Gasteiger partial charge is 0.306 e. The van der Waals surface area contributed by atoms with E-state index in [9.17, 15) is 23.2 Å². The molecule has 4 rings (SSSR count). The summed E-state index contributed by atoms with van der Waals surface area (Å²) in [6.45, 7) is 0.294. The van der Waals surface area contributed by atoms with Gasteiger partial charge in [0.1, 0.15) is 17.4 Å². The van der Waals surface area contributed by atoms with Crippen LogP contribution in [0.15, 0.2) is 41.3 Å². The summed E-state index contributed by atoms with van der Waals surface area (Å²) in [7, 11) is 0. The Balaban J connectivity index is 1.19. The average molecular weight is 505 g/mol. The highest BCUT2D eigenvalue weighted by atomic mass is 32.2. The van der Waals surface area contributed by atoms with E-state index in [4.69, 9.17) is 9.84 Å². The molecule has 0 radical (unpaired) electrons. The van der Waals surface area contributed by atoms with Crippen LogP contribution in [-0.4, -0.2) is 47.3 Å². The van der Waals surface area contributed by atoms with Crippen molar-refractivity contribution in [1.29, 1.82) is 0 Å². The highest BCUT2D eigenvalue weighted by Crippen LogP contribution is 2.37. The Morgan fingerprint density at radius 3 is 2.46 bits per heavy atom. The number of benzene rings is 2. The number of fused-ring (bicyclic) bond motifs is 1. The number of carbonyl (C=O) groups excluding carboxylic acids is 2. The highest BCUT2D eigenvalue weighted by Gasteiger charge is 2.29. The van der Waals surface area contributed by atoms with Crippen LogP contribution in [0.5, 0.6) is 5.75 Å². The molecule has 1 atom stereocenters. The highest BCUT2D eigenvalue weighted by molar-refractivity contribution is 8.01. The standard InChI is InChI=1S/C25H26F2N2O5S/c26-16-4-1-15-11-22(35-21(15)12-16)24(31)29-10-9-28-23(30)19-8-7-18(13-20(19)27)34-17-5-2-14(3-6-17)25(32)33/h1,4,7-8,12-14,17,22H,2-3,5-6,9-11H2,(H,28,30)(H,29,31)(H,32,33). The van der Waals surface area contributed by atoms with Gasteiger partial charge in [0.05, 0.1) is 22.8 Å². The lowest BCUT2D eigenvalue weighted by molar-refractivity contribution is -0.143. The van der Waals surface area contributed by atoms with E-state index in [1.165, 1.54) is 36.0 Å². The van der Waals surface area contributed by atoms with Crippen molar-refractivity contribution in [2.45, 2.75) is 48.4 Å². The van der Waals surface area contributed by atoms with Crippen LogP contribution in [0.3, 0.4) is 0 Å². The number of amides is 2. The van der Waals surface area contributed by atoms with Crippen LogP contribution in [0, 0.1) is 17.6 Å². The van der Waals surface area contributed by atoms with E-state index in [1.807, 2.05) is 0 Å². The first kappa shape index (κ1) is 25.0. The van der Waals surface area contributed by atoms with E-state index in [1.54, 1.807) is 6.07 Å². The van der Waals surface area contributed by atoms with Crippen molar-refractivity contribution in [3.63, 3.8) is 0 Å². The van der Waals surface area contributed by atoms with Crippen LogP contribution < -0.4 is 15.4 Å². The van der Waals surface area contributed by atoms with Crippen molar-refractivity contribution in [2.75, 3.05) is 13.1 Å². The number of nitrogens with one attached hydrogen (secondary N) is 2. The lowest BCUT2D eigenvalue weighted by atomic mass is 9.87. The molecule has 2 amide bonds. The summed E-state index contributed by atoms with van der Waals surface area (Å²) in [5.74, 6) is -2.75. The zero-order valence-corrected chi connectivity index (χ0v) is 19.7. The van der Waals surface area contributed by atoms with Gasteiger partial charge in [-0.15, -0.1) is 11.8 Å². The number of carboxylic acid groups (broad SMARTS) is 1. The monoisotopic (exact) mass is 504 g/mol. The molecule has 1 unspecified atom stereocenters. The van der Waals surface area contributed by atoms with Crippen LogP contribution >= 0.6 is 11.8 Å². The fourth-order valence-corrected chi connectivity index (χ4v) is 5.53. The van der Waals surface area contributed by atoms with Crippen molar-refractivity contribution >= 4 is 29.5 Å². The summed E-state index contributed by atoms with van der Waals surface area (Å²) in [6, 6.07) is 8.48. The Kier molecular flexibility index (Phi) is 7.90. The molecule has 1 aliphatic carbocycles. The molecule has 1 saturated carbocycles. The Hall–Kier alpha value is -3.14. The summed E-state index contributed by atoms with van der Waals surface area (Å²) in [6.07, 6.45) is 2.52. The topological polar surface area (TPSA) is 105 Å². The van der Waals surface area contributed by atoms with Crippen LogP contribution in [-0.2, 0) is 16.0 Å². The van der Waals surface area contributed by atoms with Crippen molar-refractivity contribution < 1.29 is 33.0 Å². The molecule has 35 heavy (non-hydrogen) atoms. The van der Waals surface area contributed by atoms with Crippen LogP contribution in [0.1, 0.15) is 41.6 Å². The fourth-order valence-electron chi connectivity index (χ4n) is 4.29. The summed E-state index contributed by atoms with van der Waals surface area (Å²) >= 11 is 1.31. The largest absolute Gasteiger partial charge is 0.490 e. The molecule has 10 heteroatoms. The molecule has 2 aromatic carbocycles. The lowest BCUT2D eigenvalue weighted by Gasteiger charge is -2.26.